The number of carbonyl (C=O) groups excluding carboxylic acids is 2. The van der Waals surface area contributed by atoms with E-state index < -0.39 is 11.9 Å². The number of rotatable bonds is 6. The zero-order chi connectivity index (χ0) is 19.8. The van der Waals surface area contributed by atoms with Crippen LogP contribution in [0.3, 0.4) is 0 Å². The van der Waals surface area contributed by atoms with E-state index in [1.54, 1.807) is 50.4 Å². The fraction of sp³-hybridized carbons (Fsp3) is 0.190. The summed E-state index contributed by atoms with van der Waals surface area (Å²) in [7, 11) is 1.58. The van der Waals surface area contributed by atoms with Gasteiger partial charge in [-0.15, -0.1) is 0 Å². The molecule has 2 aromatic carbocycles. The van der Waals surface area contributed by atoms with Gasteiger partial charge in [0.15, 0.2) is 0 Å². The summed E-state index contributed by atoms with van der Waals surface area (Å²) in [6.45, 7) is 3.89. The van der Waals surface area contributed by atoms with Gasteiger partial charge in [0.05, 0.1) is 19.3 Å². The fourth-order valence-electron chi connectivity index (χ4n) is 2.34. The minimum atomic E-state index is -0.531. The summed E-state index contributed by atoms with van der Waals surface area (Å²) in [5, 5.41) is 12.0. The van der Waals surface area contributed by atoms with Gasteiger partial charge in [-0.1, -0.05) is 6.07 Å². The van der Waals surface area contributed by atoms with Gasteiger partial charge in [0.1, 0.15) is 17.4 Å². The summed E-state index contributed by atoms with van der Waals surface area (Å²) >= 11 is 0. The molecule has 1 amide bonds. The van der Waals surface area contributed by atoms with Gasteiger partial charge in [-0.3, -0.25) is 4.79 Å². The van der Waals surface area contributed by atoms with Crippen molar-refractivity contribution in [1.82, 2.24) is 0 Å². The van der Waals surface area contributed by atoms with Crippen LogP contribution in [0.1, 0.15) is 28.4 Å². The number of methoxy groups -OCH3 is 1. The Morgan fingerprint density at radius 2 is 1.89 bits per heavy atom. The first kappa shape index (κ1) is 19.7. The predicted octanol–water partition coefficient (Wildman–Crippen LogP) is 3.73. The number of ether oxygens (including phenoxy) is 2. The highest BCUT2D eigenvalue weighted by atomic mass is 16.5. The minimum absolute atomic E-state index is 0.0299. The highest BCUT2D eigenvalue weighted by Gasteiger charge is 2.12. The van der Waals surface area contributed by atoms with E-state index in [0.717, 1.165) is 11.1 Å². The van der Waals surface area contributed by atoms with Crippen LogP contribution in [0.25, 0.3) is 6.08 Å². The molecule has 0 aromatic heterocycles. The first-order chi connectivity index (χ1) is 13.0. The quantitative estimate of drug-likeness (QED) is 0.479. The van der Waals surface area contributed by atoms with Crippen molar-refractivity contribution in [1.29, 1.82) is 5.26 Å². The Hall–Kier alpha value is -3.59. The standard InChI is InChI=1S/C21H20N2O4/c1-4-27-21(25)15-5-8-18(9-6-15)23-20(24)17(13-22)12-16-7-10-19(26-3)11-14(16)2/h5-12H,4H2,1-3H3,(H,23,24)/b17-12+. The van der Waals surface area contributed by atoms with Gasteiger partial charge in [-0.05, 0) is 67.4 Å². The molecule has 27 heavy (non-hydrogen) atoms. The van der Waals surface area contributed by atoms with Gasteiger partial charge in [0, 0.05) is 5.69 Å². The van der Waals surface area contributed by atoms with E-state index in [2.05, 4.69) is 5.32 Å². The van der Waals surface area contributed by atoms with E-state index in [1.165, 1.54) is 6.08 Å². The predicted molar refractivity (Wildman–Crippen MR) is 102 cm³/mol. The number of nitrogens with one attached hydrogen (secondary N) is 1. The van der Waals surface area contributed by atoms with Crippen LogP contribution in [0.4, 0.5) is 5.69 Å². The summed E-state index contributed by atoms with van der Waals surface area (Å²) < 4.78 is 10.1. The third kappa shape index (κ3) is 5.19. The molecule has 1 N–H and O–H groups in total. The number of hydrogen-bond acceptors (Lipinski definition) is 5. The molecule has 6 nitrogen and oxygen atoms in total. The maximum Gasteiger partial charge on any atom is 0.338 e. The summed E-state index contributed by atoms with van der Waals surface area (Å²) in [6, 6.07) is 13.6. The Morgan fingerprint density at radius 3 is 2.44 bits per heavy atom. The van der Waals surface area contributed by atoms with Crippen molar-refractivity contribution in [2.24, 2.45) is 0 Å². The Bertz CT molecular complexity index is 909. The van der Waals surface area contributed by atoms with Crippen LogP contribution in [-0.4, -0.2) is 25.6 Å². The number of anilines is 1. The maximum atomic E-state index is 12.4. The Balaban J connectivity index is 2.15. The maximum absolute atomic E-state index is 12.4. The largest absolute Gasteiger partial charge is 0.497 e. The molecule has 0 saturated carbocycles. The molecule has 0 spiro atoms. The smallest absolute Gasteiger partial charge is 0.338 e. The molecular formula is C21H20N2O4. The lowest BCUT2D eigenvalue weighted by molar-refractivity contribution is -0.112. The Kier molecular flexibility index (Phi) is 6.73. The lowest BCUT2D eigenvalue weighted by atomic mass is 10.1. The number of esters is 1. The molecule has 138 valence electrons. The zero-order valence-corrected chi connectivity index (χ0v) is 15.4. The average Bonchev–Trinajstić information content (AvgIpc) is 2.67. The third-order valence-corrected chi connectivity index (χ3v) is 3.80. The number of aryl methyl sites for hydroxylation is 1. The second-order valence-electron chi connectivity index (χ2n) is 5.64. The fourth-order valence-corrected chi connectivity index (χ4v) is 2.34. The van der Waals surface area contributed by atoms with Gasteiger partial charge in [0.25, 0.3) is 5.91 Å². The van der Waals surface area contributed by atoms with Crippen LogP contribution >= 0.6 is 0 Å². The molecule has 2 aromatic rings. The molecule has 0 bridgehead atoms. The average molecular weight is 364 g/mol. The van der Waals surface area contributed by atoms with E-state index in [0.29, 0.717) is 23.6 Å². The highest BCUT2D eigenvalue weighted by Crippen LogP contribution is 2.20. The topological polar surface area (TPSA) is 88.4 Å². The number of hydrogen-bond donors (Lipinski definition) is 1. The summed E-state index contributed by atoms with van der Waals surface area (Å²) in [4.78, 5) is 24.0. The van der Waals surface area contributed by atoms with Crippen molar-refractivity contribution in [3.63, 3.8) is 0 Å². The number of benzene rings is 2. The number of amides is 1. The van der Waals surface area contributed by atoms with Gasteiger partial charge in [0.2, 0.25) is 0 Å². The van der Waals surface area contributed by atoms with Crippen LogP contribution in [0.5, 0.6) is 5.75 Å². The summed E-state index contributed by atoms with van der Waals surface area (Å²) in [5.41, 5.74) is 2.46. The number of carbonyl (C=O) groups is 2. The monoisotopic (exact) mass is 364 g/mol. The van der Waals surface area contributed by atoms with Crippen molar-refractivity contribution in [3.05, 3.63) is 64.7 Å². The van der Waals surface area contributed by atoms with Crippen LogP contribution in [0.15, 0.2) is 48.0 Å². The van der Waals surface area contributed by atoms with Crippen LogP contribution in [0.2, 0.25) is 0 Å². The first-order valence-electron chi connectivity index (χ1n) is 8.33. The van der Waals surface area contributed by atoms with E-state index in [-0.39, 0.29) is 5.57 Å². The second-order valence-corrected chi connectivity index (χ2v) is 5.64. The van der Waals surface area contributed by atoms with E-state index in [9.17, 15) is 14.9 Å². The van der Waals surface area contributed by atoms with Crippen molar-refractivity contribution >= 4 is 23.6 Å². The van der Waals surface area contributed by atoms with Gasteiger partial charge < -0.3 is 14.8 Å². The van der Waals surface area contributed by atoms with Crippen molar-refractivity contribution in [2.45, 2.75) is 13.8 Å². The molecular weight excluding hydrogens is 344 g/mol. The zero-order valence-electron chi connectivity index (χ0n) is 15.4. The Morgan fingerprint density at radius 1 is 1.19 bits per heavy atom. The van der Waals surface area contributed by atoms with Gasteiger partial charge in [-0.2, -0.15) is 5.26 Å². The molecule has 0 aliphatic rings. The molecule has 0 aliphatic carbocycles. The van der Waals surface area contributed by atoms with E-state index in [4.69, 9.17) is 9.47 Å². The molecule has 0 radical (unpaired) electrons. The Labute approximate surface area is 158 Å². The van der Waals surface area contributed by atoms with Crippen LogP contribution in [-0.2, 0) is 9.53 Å². The highest BCUT2D eigenvalue weighted by molar-refractivity contribution is 6.09. The lowest BCUT2D eigenvalue weighted by Gasteiger charge is -2.07. The van der Waals surface area contributed by atoms with Crippen molar-refractivity contribution < 1.29 is 19.1 Å². The molecule has 6 heteroatoms. The molecule has 0 aliphatic heterocycles. The summed E-state index contributed by atoms with van der Waals surface area (Å²) in [6.07, 6.45) is 1.52. The van der Waals surface area contributed by atoms with E-state index >= 15 is 0 Å². The van der Waals surface area contributed by atoms with Crippen LogP contribution in [0, 0.1) is 18.3 Å². The third-order valence-electron chi connectivity index (χ3n) is 3.80. The minimum Gasteiger partial charge on any atom is -0.497 e. The normalized spacial score (nSPS) is 10.7. The van der Waals surface area contributed by atoms with Crippen molar-refractivity contribution in [3.8, 4) is 11.8 Å². The lowest BCUT2D eigenvalue weighted by Crippen LogP contribution is -2.13. The van der Waals surface area contributed by atoms with Gasteiger partial charge >= 0.3 is 5.97 Å². The SMILES string of the molecule is CCOC(=O)c1ccc(NC(=O)/C(C#N)=C/c2ccc(OC)cc2C)cc1. The van der Waals surface area contributed by atoms with Gasteiger partial charge in [-0.25, -0.2) is 4.79 Å². The first-order valence-corrected chi connectivity index (χ1v) is 8.33. The molecule has 0 atom stereocenters. The molecule has 2 rings (SSSR count). The molecule has 0 saturated heterocycles. The molecule has 0 heterocycles. The molecule has 0 unspecified atom stereocenters. The second kappa shape index (κ2) is 9.20. The number of nitrogens with zero attached hydrogens (tertiary/aromatic N) is 1. The van der Waals surface area contributed by atoms with E-state index in [1.807, 2.05) is 19.1 Å². The molecule has 0 fully saturated rings. The van der Waals surface area contributed by atoms with Crippen molar-refractivity contribution in [2.75, 3.05) is 19.0 Å². The number of nitriles is 1. The van der Waals surface area contributed by atoms with Crippen LogP contribution < -0.4 is 10.1 Å². The summed E-state index contributed by atoms with van der Waals surface area (Å²) in [5.74, 6) is -0.256.